The Hall–Kier alpha value is -4.46. The van der Waals surface area contributed by atoms with Crippen LogP contribution in [0.3, 0.4) is 0 Å². The molecule has 1 fully saturated rings. The highest BCUT2D eigenvalue weighted by Gasteiger charge is 2.21. The topological polar surface area (TPSA) is 76.1 Å². The van der Waals surface area contributed by atoms with E-state index in [0.29, 0.717) is 29.0 Å². The summed E-state index contributed by atoms with van der Waals surface area (Å²) >= 11 is 0. The number of piperazine rings is 1. The zero-order valence-corrected chi connectivity index (χ0v) is 22.4. The number of amides is 2. The van der Waals surface area contributed by atoms with Gasteiger partial charge < -0.3 is 10.4 Å². The van der Waals surface area contributed by atoms with E-state index in [1.54, 1.807) is 60.7 Å². The van der Waals surface area contributed by atoms with Crippen molar-refractivity contribution >= 4 is 23.2 Å². The number of hydrogen-bond donors (Lipinski definition) is 2. The summed E-state index contributed by atoms with van der Waals surface area (Å²) in [6.07, 6.45) is 0. The quantitative estimate of drug-likeness (QED) is 0.319. The summed E-state index contributed by atoms with van der Waals surface area (Å²) in [7, 11) is 0. The van der Waals surface area contributed by atoms with Crippen molar-refractivity contribution in [2.45, 2.75) is 6.54 Å². The zero-order chi connectivity index (χ0) is 27.7. The first kappa shape index (κ1) is 27.1. The first-order valence-corrected chi connectivity index (χ1v) is 13.6. The third-order valence-corrected chi connectivity index (χ3v) is 7.13. The molecule has 4 aromatic carbocycles. The molecule has 0 spiro atoms. The Kier molecular flexibility index (Phi) is 8.86. The van der Waals surface area contributed by atoms with Gasteiger partial charge in [0.2, 0.25) is 0 Å². The molecule has 1 aliphatic heterocycles. The van der Waals surface area contributed by atoms with Crippen molar-refractivity contribution in [3.63, 3.8) is 0 Å². The van der Waals surface area contributed by atoms with Crippen molar-refractivity contribution in [1.82, 2.24) is 15.1 Å². The van der Waals surface area contributed by atoms with Crippen molar-refractivity contribution in [1.29, 1.82) is 0 Å². The van der Waals surface area contributed by atoms with Crippen molar-refractivity contribution in [3.8, 4) is 5.75 Å². The predicted octanol–water partition coefficient (Wildman–Crippen LogP) is 4.92. The van der Waals surface area contributed by atoms with Gasteiger partial charge in [0.1, 0.15) is 5.75 Å². The van der Waals surface area contributed by atoms with E-state index in [1.807, 2.05) is 24.3 Å². The van der Waals surface area contributed by atoms with Gasteiger partial charge in [-0.05, 0) is 54.1 Å². The molecule has 204 valence electrons. The number of phenolic OH excluding ortho intramolecular Hbond substituents is 1. The molecular formula is C33H34N4O3. The van der Waals surface area contributed by atoms with E-state index in [0.717, 1.165) is 39.3 Å². The van der Waals surface area contributed by atoms with Crippen LogP contribution in [0, 0.1) is 0 Å². The fraction of sp³-hybridized carbons (Fsp3) is 0.212. The molecule has 1 heterocycles. The van der Waals surface area contributed by atoms with Crippen LogP contribution in [0.15, 0.2) is 109 Å². The normalized spacial score (nSPS) is 14.0. The van der Waals surface area contributed by atoms with Gasteiger partial charge in [0.15, 0.2) is 0 Å². The number of nitrogens with zero attached hydrogens (tertiary/aromatic N) is 3. The Morgan fingerprint density at radius 2 is 1.35 bits per heavy atom. The predicted molar refractivity (Wildman–Crippen MR) is 158 cm³/mol. The summed E-state index contributed by atoms with van der Waals surface area (Å²) < 4.78 is 0. The average Bonchev–Trinajstić information content (AvgIpc) is 2.99. The molecule has 7 heteroatoms. The van der Waals surface area contributed by atoms with Crippen molar-refractivity contribution < 1.29 is 14.7 Å². The molecule has 0 unspecified atom stereocenters. The lowest BCUT2D eigenvalue weighted by Gasteiger charge is -2.34. The lowest BCUT2D eigenvalue weighted by molar-refractivity contribution is 0.0933. The minimum atomic E-state index is -0.229. The van der Waals surface area contributed by atoms with E-state index in [4.69, 9.17) is 0 Å². The number of carbonyl (C=O) groups excluding carboxylic acids is 2. The Bertz CT molecular complexity index is 1400. The highest BCUT2D eigenvalue weighted by atomic mass is 16.3. The van der Waals surface area contributed by atoms with Gasteiger partial charge in [-0.25, -0.2) is 0 Å². The SMILES string of the molecule is O=C(NCCN1CCN(Cc2ccccc2)CC1)c1ccc(N(C(=O)c2ccccc2)c2cccc(O)c2)cc1. The minimum Gasteiger partial charge on any atom is -0.508 e. The van der Waals surface area contributed by atoms with Crippen LogP contribution in [0.2, 0.25) is 0 Å². The molecule has 5 rings (SSSR count). The maximum Gasteiger partial charge on any atom is 0.262 e. The maximum atomic E-state index is 13.4. The standard InChI is InChI=1S/C33H34N4O3/c38-31-13-7-12-30(24-31)37(33(40)28-10-5-2-6-11-28)29-16-14-27(15-17-29)32(39)34-18-19-35-20-22-36(23-21-35)25-26-8-3-1-4-9-26/h1-17,24,38H,18-23,25H2,(H,34,39). The van der Waals surface area contributed by atoms with Gasteiger partial charge in [-0.3, -0.25) is 24.3 Å². The lowest BCUT2D eigenvalue weighted by atomic mass is 10.1. The molecule has 1 aliphatic rings. The summed E-state index contributed by atoms with van der Waals surface area (Å²) in [5.74, 6) is -0.309. The number of anilines is 2. The minimum absolute atomic E-state index is 0.0666. The van der Waals surface area contributed by atoms with Gasteiger partial charge in [-0.15, -0.1) is 0 Å². The second-order valence-electron chi connectivity index (χ2n) is 9.93. The number of rotatable bonds is 9. The third kappa shape index (κ3) is 6.94. The molecule has 4 aromatic rings. The highest BCUT2D eigenvalue weighted by molar-refractivity contribution is 6.11. The molecule has 0 saturated carbocycles. The van der Waals surface area contributed by atoms with Crippen LogP contribution < -0.4 is 10.2 Å². The van der Waals surface area contributed by atoms with Gasteiger partial charge in [0, 0.05) is 68.7 Å². The van der Waals surface area contributed by atoms with Gasteiger partial charge in [-0.2, -0.15) is 0 Å². The molecule has 2 N–H and O–H groups in total. The fourth-order valence-electron chi connectivity index (χ4n) is 4.93. The highest BCUT2D eigenvalue weighted by Crippen LogP contribution is 2.30. The number of hydrogen-bond acceptors (Lipinski definition) is 5. The Labute approximate surface area is 235 Å². The van der Waals surface area contributed by atoms with Crippen LogP contribution in [0.4, 0.5) is 11.4 Å². The molecule has 0 atom stereocenters. The second kappa shape index (κ2) is 13.1. The first-order valence-electron chi connectivity index (χ1n) is 13.6. The zero-order valence-electron chi connectivity index (χ0n) is 22.4. The van der Waals surface area contributed by atoms with E-state index in [-0.39, 0.29) is 17.6 Å². The molecular weight excluding hydrogens is 500 g/mol. The van der Waals surface area contributed by atoms with Crippen LogP contribution in [-0.4, -0.2) is 66.0 Å². The molecule has 0 bridgehead atoms. The van der Waals surface area contributed by atoms with Crippen molar-refractivity contribution in [3.05, 3.63) is 126 Å². The van der Waals surface area contributed by atoms with Crippen LogP contribution >= 0.6 is 0 Å². The number of benzene rings is 4. The molecule has 7 nitrogen and oxygen atoms in total. The Morgan fingerprint density at radius 1 is 0.700 bits per heavy atom. The summed E-state index contributed by atoms with van der Waals surface area (Å²) in [4.78, 5) is 32.7. The van der Waals surface area contributed by atoms with E-state index in [9.17, 15) is 14.7 Å². The summed E-state index contributed by atoms with van der Waals surface area (Å²) in [5, 5.41) is 13.1. The fourth-order valence-corrected chi connectivity index (χ4v) is 4.93. The van der Waals surface area contributed by atoms with Crippen LogP contribution in [-0.2, 0) is 6.54 Å². The van der Waals surface area contributed by atoms with Gasteiger partial charge in [0.25, 0.3) is 11.8 Å². The largest absolute Gasteiger partial charge is 0.508 e. The van der Waals surface area contributed by atoms with E-state index >= 15 is 0 Å². The van der Waals surface area contributed by atoms with E-state index < -0.39 is 0 Å². The van der Waals surface area contributed by atoms with E-state index in [1.165, 1.54) is 10.5 Å². The lowest BCUT2D eigenvalue weighted by Crippen LogP contribution is -2.48. The van der Waals surface area contributed by atoms with Crippen LogP contribution in [0.5, 0.6) is 5.75 Å². The summed E-state index contributed by atoms with van der Waals surface area (Å²) in [6.45, 7) is 6.35. The third-order valence-electron chi connectivity index (χ3n) is 7.13. The van der Waals surface area contributed by atoms with Crippen molar-refractivity contribution in [2.75, 3.05) is 44.2 Å². The molecule has 0 aliphatic carbocycles. The molecule has 40 heavy (non-hydrogen) atoms. The van der Waals surface area contributed by atoms with Crippen molar-refractivity contribution in [2.24, 2.45) is 0 Å². The number of nitrogens with one attached hydrogen (secondary N) is 1. The van der Waals surface area contributed by atoms with Crippen LogP contribution in [0.1, 0.15) is 26.3 Å². The maximum absolute atomic E-state index is 13.4. The molecule has 2 amide bonds. The molecule has 0 aromatic heterocycles. The van der Waals surface area contributed by atoms with Gasteiger partial charge in [0.05, 0.1) is 5.69 Å². The van der Waals surface area contributed by atoms with Gasteiger partial charge >= 0.3 is 0 Å². The smallest absolute Gasteiger partial charge is 0.262 e. The first-order chi connectivity index (χ1) is 19.6. The molecule has 1 saturated heterocycles. The van der Waals surface area contributed by atoms with Crippen LogP contribution in [0.25, 0.3) is 0 Å². The summed E-state index contributed by atoms with van der Waals surface area (Å²) in [6, 6.07) is 33.0. The van der Waals surface area contributed by atoms with E-state index in [2.05, 4.69) is 39.4 Å². The number of carbonyl (C=O) groups is 2. The number of phenols is 1. The summed E-state index contributed by atoms with van der Waals surface area (Å²) in [5.41, 5.74) is 3.52. The monoisotopic (exact) mass is 534 g/mol. The van der Waals surface area contributed by atoms with Gasteiger partial charge in [-0.1, -0.05) is 54.6 Å². The number of aromatic hydroxyl groups is 1. The second-order valence-corrected chi connectivity index (χ2v) is 9.93. The average molecular weight is 535 g/mol. The molecule has 0 radical (unpaired) electrons. The Balaban J connectivity index is 1.16. The Morgan fingerprint density at radius 3 is 2.02 bits per heavy atom.